The van der Waals surface area contributed by atoms with E-state index >= 15 is 0 Å². The van der Waals surface area contributed by atoms with E-state index in [9.17, 15) is 9.59 Å². The molecular weight excluding hydrogens is 412 g/mol. The second-order valence-corrected chi connectivity index (χ2v) is 8.44. The van der Waals surface area contributed by atoms with Crippen LogP contribution < -0.4 is 21.3 Å². The van der Waals surface area contributed by atoms with Crippen LogP contribution in [0, 0.1) is 0 Å². The summed E-state index contributed by atoms with van der Waals surface area (Å²) in [5.41, 5.74) is 10.3. The van der Waals surface area contributed by atoms with Crippen molar-refractivity contribution in [1.82, 2.24) is 0 Å². The smallest absolute Gasteiger partial charge is 0.251 e. The molecule has 6 heteroatoms. The highest BCUT2D eigenvalue weighted by Gasteiger charge is 2.22. The highest BCUT2D eigenvalue weighted by molar-refractivity contribution is 5.98. The monoisotopic (exact) mass is 442 g/mol. The van der Waals surface area contributed by atoms with E-state index in [2.05, 4.69) is 10.6 Å². The summed E-state index contributed by atoms with van der Waals surface area (Å²) in [5.74, 6) is -0.0189. The number of carbonyl (C=O) groups excluding carboxylic acids is 2. The molecular formula is C27H30N4O2. The molecule has 2 atom stereocenters. The molecule has 0 aliphatic carbocycles. The summed E-state index contributed by atoms with van der Waals surface area (Å²) in [7, 11) is 0. The minimum absolute atomic E-state index is 0.0962. The van der Waals surface area contributed by atoms with Gasteiger partial charge >= 0.3 is 0 Å². The van der Waals surface area contributed by atoms with Crippen LogP contribution >= 0.6 is 0 Å². The van der Waals surface area contributed by atoms with Crippen LogP contribution in [0.4, 0.5) is 17.1 Å². The number of piperidine rings is 1. The molecule has 33 heavy (non-hydrogen) atoms. The summed E-state index contributed by atoms with van der Waals surface area (Å²) >= 11 is 0. The fraction of sp³-hybridized carbons (Fsp3) is 0.259. The molecule has 1 unspecified atom stereocenters. The van der Waals surface area contributed by atoms with Crippen LogP contribution in [0.5, 0.6) is 0 Å². The van der Waals surface area contributed by atoms with Crippen LogP contribution in [0.1, 0.15) is 49.4 Å². The number of hydrogen-bond donors (Lipinski definition) is 3. The third-order valence-electron chi connectivity index (χ3n) is 5.89. The van der Waals surface area contributed by atoms with E-state index in [4.69, 9.17) is 5.73 Å². The Kier molecular flexibility index (Phi) is 7.05. The minimum atomic E-state index is -0.585. The van der Waals surface area contributed by atoms with E-state index in [-0.39, 0.29) is 17.9 Å². The predicted octanol–water partition coefficient (Wildman–Crippen LogP) is 5.02. The molecule has 1 aliphatic rings. The summed E-state index contributed by atoms with van der Waals surface area (Å²) in [6, 6.07) is 24.2. The Bertz CT molecular complexity index is 1100. The van der Waals surface area contributed by atoms with Crippen molar-refractivity contribution in [2.45, 2.75) is 38.3 Å². The molecule has 3 aromatic carbocycles. The molecule has 4 rings (SSSR count). The Labute approximate surface area is 194 Å². The van der Waals surface area contributed by atoms with Crippen molar-refractivity contribution in [1.29, 1.82) is 0 Å². The van der Waals surface area contributed by atoms with E-state index in [1.807, 2.05) is 90.7 Å². The molecule has 1 aliphatic heterocycles. The number of benzene rings is 3. The van der Waals surface area contributed by atoms with Crippen LogP contribution in [0.15, 0.2) is 78.9 Å². The van der Waals surface area contributed by atoms with Crippen molar-refractivity contribution >= 4 is 28.9 Å². The summed E-state index contributed by atoms with van der Waals surface area (Å²) < 4.78 is 0. The molecule has 170 valence electrons. The quantitative estimate of drug-likeness (QED) is 0.480. The number of nitrogens with zero attached hydrogens (tertiary/aromatic N) is 1. The first-order valence-electron chi connectivity index (χ1n) is 11.4. The van der Waals surface area contributed by atoms with Crippen molar-refractivity contribution in [2.24, 2.45) is 5.73 Å². The van der Waals surface area contributed by atoms with Crippen LogP contribution in [-0.4, -0.2) is 18.4 Å². The average Bonchev–Trinajstić information content (AvgIpc) is 2.84. The van der Waals surface area contributed by atoms with Gasteiger partial charge in [-0.2, -0.15) is 0 Å². The van der Waals surface area contributed by atoms with E-state index in [1.54, 1.807) is 0 Å². The highest BCUT2D eigenvalue weighted by Crippen LogP contribution is 2.26. The topological polar surface area (TPSA) is 87.5 Å². The van der Waals surface area contributed by atoms with Gasteiger partial charge in [0.15, 0.2) is 0 Å². The van der Waals surface area contributed by atoms with Gasteiger partial charge in [0.2, 0.25) is 5.91 Å². The molecule has 1 saturated heterocycles. The van der Waals surface area contributed by atoms with Crippen molar-refractivity contribution in [2.75, 3.05) is 22.1 Å². The maximum Gasteiger partial charge on any atom is 0.251 e. The third kappa shape index (κ3) is 5.59. The number of nitrogens with one attached hydrogen (secondary N) is 2. The number of carbonyl (C=O) groups is 2. The van der Waals surface area contributed by atoms with Gasteiger partial charge in [-0.1, -0.05) is 42.5 Å². The lowest BCUT2D eigenvalue weighted by molar-refractivity contribution is -0.119. The number of nitrogens with two attached hydrogens (primary N) is 1. The van der Waals surface area contributed by atoms with E-state index in [1.165, 1.54) is 0 Å². The van der Waals surface area contributed by atoms with Crippen molar-refractivity contribution in [3.05, 3.63) is 90.0 Å². The normalized spacial score (nSPS) is 15.6. The van der Waals surface area contributed by atoms with Gasteiger partial charge in [0, 0.05) is 36.1 Å². The maximum absolute atomic E-state index is 13.3. The highest BCUT2D eigenvalue weighted by atomic mass is 16.2. The predicted molar refractivity (Wildman–Crippen MR) is 133 cm³/mol. The average molecular weight is 443 g/mol. The number of rotatable bonds is 7. The van der Waals surface area contributed by atoms with E-state index < -0.39 is 6.04 Å². The van der Waals surface area contributed by atoms with E-state index in [0.29, 0.717) is 12.1 Å². The van der Waals surface area contributed by atoms with Crippen molar-refractivity contribution in [3.63, 3.8) is 0 Å². The Hall–Kier alpha value is -3.64. The molecule has 3 aromatic rings. The summed E-state index contributed by atoms with van der Waals surface area (Å²) in [4.78, 5) is 27.3. The fourth-order valence-electron chi connectivity index (χ4n) is 4.04. The Balaban J connectivity index is 1.52. The Morgan fingerprint density at radius 2 is 1.64 bits per heavy atom. The lowest BCUT2D eigenvalue weighted by atomic mass is 10.0. The van der Waals surface area contributed by atoms with E-state index in [0.717, 1.165) is 41.9 Å². The zero-order valence-electron chi connectivity index (χ0n) is 18.8. The number of hydrogen-bond acceptors (Lipinski definition) is 4. The maximum atomic E-state index is 13.3. The zero-order valence-corrected chi connectivity index (χ0v) is 18.8. The van der Waals surface area contributed by atoms with Crippen molar-refractivity contribution in [3.8, 4) is 0 Å². The molecule has 2 amide bonds. The number of anilines is 3. The van der Waals surface area contributed by atoms with Gasteiger partial charge in [0.1, 0.15) is 6.04 Å². The van der Waals surface area contributed by atoms with Gasteiger partial charge in [-0.15, -0.1) is 0 Å². The summed E-state index contributed by atoms with van der Waals surface area (Å²) in [6.45, 7) is 2.67. The van der Waals surface area contributed by atoms with Gasteiger partial charge < -0.3 is 21.3 Å². The molecule has 4 N–H and O–H groups in total. The van der Waals surface area contributed by atoms with Crippen LogP contribution in [0.3, 0.4) is 0 Å². The van der Waals surface area contributed by atoms with Gasteiger partial charge in [0.25, 0.3) is 5.91 Å². The molecule has 0 bridgehead atoms. The second kappa shape index (κ2) is 10.3. The minimum Gasteiger partial charge on any atom is -0.370 e. The first-order chi connectivity index (χ1) is 16.0. The molecule has 0 spiro atoms. The SMILES string of the molecule is CC(N)c1cccc(N[C@H](C(=O)Nc2ccc(N3CCCCC3=O)cc2)c2ccccc2)c1. The van der Waals surface area contributed by atoms with Gasteiger partial charge in [0.05, 0.1) is 0 Å². The molecule has 0 aromatic heterocycles. The molecule has 6 nitrogen and oxygen atoms in total. The zero-order chi connectivity index (χ0) is 23.2. The standard InChI is InChI=1S/C27H30N4O2/c1-19(28)21-10-7-11-23(18-21)29-26(20-8-3-2-4-9-20)27(33)30-22-13-15-24(16-14-22)31-17-6-5-12-25(31)32/h2-4,7-11,13-16,18-19,26,29H,5-6,12,17,28H2,1H3,(H,30,33)/t19?,26-/m0/s1. The lowest BCUT2D eigenvalue weighted by Crippen LogP contribution is -2.35. The molecule has 1 fully saturated rings. The molecule has 0 radical (unpaired) electrons. The Morgan fingerprint density at radius 3 is 2.33 bits per heavy atom. The number of amides is 2. The molecule has 0 saturated carbocycles. The van der Waals surface area contributed by atoms with Gasteiger partial charge in [-0.3, -0.25) is 9.59 Å². The van der Waals surface area contributed by atoms with Crippen LogP contribution in [-0.2, 0) is 9.59 Å². The first-order valence-corrected chi connectivity index (χ1v) is 11.4. The van der Waals surface area contributed by atoms with Crippen LogP contribution in [0.25, 0.3) is 0 Å². The lowest BCUT2D eigenvalue weighted by Gasteiger charge is -2.27. The largest absolute Gasteiger partial charge is 0.370 e. The second-order valence-electron chi connectivity index (χ2n) is 8.44. The Morgan fingerprint density at radius 1 is 0.909 bits per heavy atom. The summed E-state index contributed by atoms with van der Waals surface area (Å²) in [5, 5.41) is 6.37. The fourth-order valence-corrected chi connectivity index (χ4v) is 4.04. The molecule has 1 heterocycles. The first kappa shape index (κ1) is 22.6. The third-order valence-corrected chi connectivity index (χ3v) is 5.89. The summed E-state index contributed by atoms with van der Waals surface area (Å²) in [6.07, 6.45) is 2.55. The van der Waals surface area contributed by atoms with Gasteiger partial charge in [-0.05, 0) is 67.3 Å². The van der Waals surface area contributed by atoms with Crippen molar-refractivity contribution < 1.29 is 9.59 Å². The van der Waals surface area contributed by atoms with Gasteiger partial charge in [-0.25, -0.2) is 0 Å². The van der Waals surface area contributed by atoms with Crippen LogP contribution in [0.2, 0.25) is 0 Å².